The van der Waals surface area contributed by atoms with Crippen LogP contribution in [0.15, 0.2) is 55.2 Å². The summed E-state index contributed by atoms with van der Waals surface area (Å²) < 4.78 is 2.13. The highest BCUT2D eigenvalue weighted by atomic mass is 79.9. The van der Waals surface area contributed by atoms with Crippen molar-refractivity contribution in [1.29, 1.82) is 0 Å². The van der Waals surface area contributed by atoms with Crippen molar-refractivity contribution < 1.29 is 0 Å². The van der Waals surface area contributed by atoms with Crippen LogP contribution in [-0.2, 0) is 5.75 Å². The number of hydrogen-bond acceptors (Lipinski definition) is 1. The molecule has 3 rings (SSSR count). The Hall–Kier alpha value is -0.290. The first-order valence-electron chi connectivity index (χ1n) is 5.68. The molecule has 2 aromatic carbocycles. The topological polar surface area (TPSA) is 12.4 Å². The van der Waals surface area contributed by atoms with Crippen LogP contribution in [0.5, 0.6) is 0 Å². The Morgan fingerprint density at radius 3 is 2.47 bits per heavy atom. The van der Waals surface area contributed by atoms with Gasteiger partial charge in [-0.3, -0.25) is 4.99 Å². The molecule has 1 atom stereocenters. The monoisotopic (exact) mass is 417 g/mol. The predicted octanol–water partition coefficient (Wildman–Crippen LogP) is 6.10. The van der Waals surface area contributed by atoms with E-state index in [1.165, 1.54) is 10.5 Å². The zero-order valence-corrected chi connectivity index (χ0v) is 14.6. The van der Waals surface area contributed by atoms with Crippen molar-refractivity contribution in [2.24, 2.45) is 4.99 Å². The molecule has 98 valence electrons. The largest absolute Gasteiger partial charge is 0.250 e. The number of hydrogen-bond donors (Lipinski definition) is 1. The molecule has 0 N–H and O–H groups in total. The minimum absolute atomic E-state index is 0.361. The molecule has 0 saturated carbocycles. The van der Waals surface area contributed by atoms with Crippen molar-refractivity contribution in [2.75, 3.05) is 0 Å². The molecule has 1 aliphatic heterocycles. The minimum atomic E-state index is -0.361. The van der Waals surface area contributed by atoms with Gasteiger partial charge in [0.25, 0.3) is 0 Å². The van der Waals surface area contributed by atoms with E-state index in [4.69, 9.17) is 11.6 Å². The summed E-state index contributed by atoms with van der Waals surface area (Å²) in [6.07, 6.45) is 0. The molecule has 1 nitrogen and oxygen atoms in total. The van der Waals surface area contributed by atoms with Crippen molar-refractivity contribution in [3.05, 3.63) is 55.9 Å². The van der Waals surface area contributed by atoms with Crippen LogP contribution in [0, 0.1) is 0 Å². The standard InChI is InChI=1S/C14H10Br2ClNS/c15-11-5-13-14(6-12(11)16)19(8-18-13)7-9-1-3-10(17)4-2-9/h1-6,8,19H,7H2. The van der Waals surface area contributed by atoms with E-state index >= 15 is 0 Å². The Labute approximate surface area is 136 Å². The summed E-state index contributed by atoms with van der Waals surface area (Å²) in [5, 5.41) is 0.781. The van der Waals surface area contributed by atoms with Crippen LogP contribution in [0.3, 0.4) is 0 Å². The van der Waals surface area contributed by atoms with Gasteiger partial charge in [-0.2, -0.15) is 10.9 Å². The molecule has 0 amide bonds. The van der Waals surface area contributed by atoms with Gasteiger partial charge in [0.2, 0.25) is 0 Å². The summed E-state index contributed by atoms with van der Waals surface area (Å²) in [6, 6.07) is 12.3. The van der Waals surface area contributed by atoms with Gasteiger partial charge in [-0.15, -0.1) is 0 Å². The van der Waals surface area contributed by atoms with Gasteiger partial charge in [-0.1, -0.05) is 23.7 Å². The smallest absolute Gasteiger partial charge is 0.0769 e. The van der Waals surface area contributed by atoms with Crippen molar-refractivity contribution in [2.45, 2.75) is 10.6 Å². The van der Waals surface area contributed by atoms with Gasteiger partial charge < -0.3 is 0 Å². The van der Waals surface area contributed by atoms with Gasteiger partial charge in [0.15, 0.2) is 0 Å². The van der Waals surface area contributed by atoms with E-state index in [1.54, 1.807) is 0 Å². The van der Waals surface area contributed by atoms with E-state index in [2.05, 4.69) is 66.7 Å². The molecule has 0 bridgehead atoms. The quantitative estimate of drug-likeness (QED) is 0.565. The first-order valence-corrected chi connectivity index (χ1v) is 9.24. The summed E-state index contributed by atoms with van der Waals surface area (Å²) in [5.41, 5.74) is 4.47. The van der Waals surface area contributed by atoms with Crippen molar-refractivity contribution in [1.82, 2.24) is 0 Å². The Morgan fingerprint density at radius 1 is 1.05 bits per heavy atom. The fourth-order valence-corrected chi connectivity index (χ4v) is 4.90. The van der Waals surface area contributed by atoms with Crippen molar-refractivity contribution in [3.63, 3.8) is 0 Å². The van der Waals surface area contributed by atoms with Crippen LogP contribution in [0.2, 0.25) is 5.02 Å². The van der Waals surface area contributed by atoms with Crippen LogP contribution in [0.4, 0.5) is 5.69 Å². The number of aliphatic imine (C=N–C) groups is 1. The first-order chi connectivity index (χ1) is 9.13. The molecule has 1 aliphatic rings. The minimum Gasteiger partial charge on any atom is -0.250 e. The molecule has 0 aliphatic carbocycles. The SMILES string of the molecule is Clc1ccc(C[SH]2C=Nc3cc(Br)c(Br)cc32)cc1. The molecule has 5 heteroatoms. The Morgan fingerprint density at radius 2 is 1.74 bits per heavy atom. The second-order valence-corrected chi connectivity index (χ2v) is 8.37. The van der Waals surface area contributed by atoms with E-state index in [0.717, 1.165) is 25.4 Å². The second-order valence-electron chi connectivity index (χ2n) is 4.25. The van der Waals surface area contributed by atoms with Gasteiger partial charge in [0, 0.05) is 30.2 Å². The molecule has 19 heavy (non-hydrogen) atoms. The molecular weight excluding hydrogens is 409 g/mol. The molecule has 1 heterocycles. The number of rotatable bonds is 2. The van der Waals surface area contributed by atoms with Crippen LogP contribution in [0.25, 0.3) is 0 Å². The molecule has 2 aromatic rings. The van der Waals surface area contributed by atoms with Crippen LogP contribution in [-0.4, -0.2) is 5.55 Å². The van der Waals surface area contributed by atoms with Crippen LogP contribution >= 0.6 is 54.4 Å². The third-order valence-electron chi connectivity index (χ3n) is 2.93. The molecular formula is C14H10Br2ClNS. The summed E-state index contributed by atoms with van der Waals surface area (Å²) in [7, 11) is -0.361. The van der Waals surface area contributed by atoms with E-state index < -0.39 is 0 Å². The van der Waals surface area contributed by atoms with Gasteiger partial charge in [0.1, 0.15) is 0 Å². The van der Waals surface area contributed by atoms with Gasteiger partial charge >= 0.3 is 0 Å². The summed E-state index contributed by atoms with van der Waals surface area (Å²) in [5.74, 6) is 1.01. The Bertz CT molecular complexity index is 655. The molecule has 1 unspecified atom stereocenters. The highest BCUT2D eigenvalue weighted by Gasteiger charge is 2.17. The highest BCUT2D eigenvalue weighted by molar-refractivity contribution is 9.13. The number of thiol groups is 1. The zero-order valence-electron chi connectivity index (χ0n) is 9.78. The second kappa shape index (κ2) is 5.60. The normalized spacial score (nSPS) is 18.6. The average molecular weight is 420 g/mol. The predicted molar refractivity (Wildman–Crippen MR) is 92.4 cm³/mol. The third-order valence-corrected chi connectivity index (χ3v) is 7.10. The maximum absolute atomic E-state index is 5.92. The van der Waals surface area contributed by atoms with E-state index in [9.17, 15) is 0 Å². The maximum atomic E-state index is 5.92. The molecule has 0 spiro atoms. The van der Waals surface area contributed by atoms with Gasteiger partial charge in [0.05, 0.1) is 5.69 Å². The lowest BCUT2D eigenvalue weighted by Crippen LogP contribution is -1.88. The average Bonchev–Trinajstić information content (AvgIpc) is 2.76. The molecule has 0 radical (unpaired) electrons. The van der Waals surface area contributed by atoms with Crippen molar-refractivity contribution >= 4 is 65.6 Å². The number of benzene rings is 2. The Balaban J connectivity index is 1.88. The lowest BCUT2D eigenvalue weighted by atomic mass is 10.2. The van der Waals surface area contributed by atoms with E-state index in [0.29, 0.717) is 0 Å². The fraction of sp³-hybridized carbons (Fsp3) is 0.0714. The van der Waals surface area contributed by atoms with E-state index in [-0.39, 0.29) is 10.9 Å². The lowest BCUT2D eigenvalue weighted by Gasteiger charge is -2.14. The first kappa shape index (κ1) is 13.7. The van der Waals surface area contributed by atoms with Gasteiger partial charge in [-0.25, -0.2) is 0 Å². The molecule has 0 aromatic heterocycles. The van der Waals surface area contributed by atoms with Crippen LogP contribution < -0.4 is 0 Å². The lowest BCUT2D eigenvalue weighted by molar-refractivity contribution is 1.34. The number of halogens is 3. The Kier molecular flexibility index (Phi) is 4.03. The van der Waals surface area contributed by atoms with Crippen molar-refractivity contribution in [3.8, 4) is 0 Å². The summed E-state index contributed by atoms with van der Waals surface area (Å²) in [4.78, 5) is 5.86. The van der Waals surface area contributed by atoms with Gasteiger partial charge in [-0.05, 0) is 61.7 Å². The number of nitrogens with zero attached hydrogens (tertiary/aromatic N) is 1. The highest BCUT2D eigenvalue weighted by Crippen LogP contribution is 2.50. The fourth-order valence-electron chi connectivity index (χ4n) is 1.97. The maximum Gasteiger partial charge on any atom is 0.0769 e. The van der Waals surface area contributed by atoms with Crippen LogP contribution in [0.1, 0.15) is 5.56 Å². The van der Waals surface area contributed by atoms with E-state index in [1.807, 2.05) is 12.1 Å². The number of fused-ring (bicyclic) bond motifs is 1. The molecule has 0 saturated heterocycles. The summed E-state index contributed by atoms with van der Waals surface area (Å²) in [6.45, 7) is 0. The third kappa shape index (κ3) is 2.92. The zero-order chi connectivity index (χ0) is 13.4. The summed E-state index contributed by atoms with van der Waals surface area (Å²) >= 11 is 13.0. The molecule has 0 fully saturated rings.